The van der Waals surface area contributed by atoms with E-state index in [2.05, 4.69) is 0 Å². The number of hydrogen-bond acceptors (Lipinski definition) is 5. The molecule has 2 rings (SSSR count). The van der Waals surface area contributed by atoms with E-state index in [0.29, 0.717) is 5.56 Å². The van der Waals surface area contributed by atoms with Gasteiger partial charge in [-0.05, 0) is 30.2 Å². The van der Waals surface area contributed by atoms with Crippen LogP contribution in [0.2, 0.25) is 0 Å². The molecule has 2 aromatic carbocycles. The van der Waals surface area contributed by atoms with Crippen LogP contribution in [0.5, 0.6) is 0 Å². The molecule has 0 spiro atoms. The first-order valence-corrected chi connectivity index (χ1v) is 7.77. The van der Waals surface area contributed by atoms with Crippen molar-refractivity contribution in [1.29, 1.82) is 0 Å². The van der Waals surface area contributed by atoms with Crippen molar-refractivity contribution in [3.05, 3.63) is 63.7 Å². The Morgan fingerprint density at radius 2 is 1.90 bits per heavy atom. The summed E-state index contributed by atoms with van der Waals surface area (Å²) in [6, 6.07) is 10.3. The highest BCUT2D eigenvalue weighted by atomic mass is 32.2. The maximum Gasteiger partial charge on any atom is 0.269 e. The Bertz CT molecular complexity index is 800. The summed E-state index contributed by atoms with van der Waals surface area (Å²) < 4.78 is 24.7. The Morgan fingerprint density at radius 1 is 1.19 bits per heavy atom. The van der Waals surface area contributed by atoms with Crippen LogP contribution >= 0.6 is 0 Å². The van der Waals surface area contributed by atoms with Crippen LogP contribution in [0.25, 0.3) is 0 Å². The minimum Gasteiger partial charge on any atom is -0.398 e. The van der Waals surface area contributed by atoms with Crippen LogP contribution in [0.3, 0.4) is 0 Å². The number of nitro benzene ring substituents is 1. The molecule has 0 atom stereocenters. The predicted octanol–water partition coefficient (Wildman–Crippen LogP) is 2.46. The van der Waals surface area contributed by atoms with E-state index in [1.807, 2.05) is 6.92 Å². The van der Waals surface area contributed by atoms with Crippen molar-refractivity contribution in [2.45, 2.75) is 17.6 Å². The van der Waals surface area contributed by atoms with E-state index in [-0.39, 0.29) is 22.0 Å². The first-order chi connectivity index (χ1) is 9.79. The zero-order valence-corrected chi connectivity index (χ0v) is 12.1. The van der Waals surface area contributed by atoms with Gasteiger partial charge in [0.15, 0.2) is 9.84 Å². The van der Waals surface area contributed by atoms with E-state index in [1.165, 1.54) is 30.3 Å². The molecule has 21 heavy (non-hydrogen) atoms. The van der Waals surface area contributed by atoms with Crippen LogP contribution in [0, 0.1) is 17.0 Å². The van der Waals surface area contributed by atoms with Gasteiger partial charge in [0.25, 0.3) is 5.69 Å². The zero-order valence-electron chi connectivity index (χ0n) is 11.3. The second kappa shape index (κ2) is 5.53. The van der Waals surface area contributed by atoms with Gasteiger partial charge in [0.05, 0.1) is 21.3 Å². The van der Waals surface area contributed by atoms with Gasteiger partial charge >= 0.3 is 0 Å². The summed E-state index contributed by atoms with van der Waals surface area (Å²) >= 11 is 0. The first kappa shape index (κ1) is 15.0. The van der Waals surface area contributed by atoms with Gasteiger partial charge in [-0.1, -0.05) is 18.2 Å². The van der Waals surface area contributed by atoms with E-state index < -0.39 is 14.8 Å². The third kappa shape index (κ3) is 3.38. The van der Waals surface area contributed by atoms with E-state index in [4.69, 9.17) is 5.73 Å². The molecular weight excluding hydrogens is 292 g/mol. The summed E-state index contributed by atoms with van der Waals surface area (Å²) in [5.41, 5.74) is 7.01. The number of nitrogen functional groups attached to an aromatic ring is 1. The van der Waals surface area contributed by atoms with Gasteiger partial charge in [-0.15, -0.1) is 0 Å². The van der Waals surface area contributed by atoms with Gasteiger partial charge in [-0.3, -0.25) is 10.1 Å². The summed E-state index contributed by atoms with van der Waals surface area (Å²) in [6.45, 7) is 1.81. The van der Waals surface area contributed by atoms with Gasteiger partial charge in [0, 0.05) is 12.1 Å². The molecule has 7 heteroatoms. The molecular formula is C14H14N2O4S. The Hall–Kier alpha value is -2.41. The smallest absolute Gasteiger partial charge is 0.269 e. The van der Waals surface area contributed by atoms with Crippen LogP contribution in [-0.4, -0.2) is 13.3 Å². The van der Waals surface area contributed by atoms with Crippen molar-refractivity contribution in [1.82, 2.24) is 0 Å². The molecule has 110 valence electrons. The third-order valence-electron chi connectivity index (χ3n) is 2.98. The van der Waals surface area contributed by atoms with Crippen molar-refractivity contribution in [2.24, 2.45) is 0 Å². The lowest BCUT2D eigenvalue weighted by molar-refractivity contribution is -0.384. The molecule has 2 aromatic rings. The van der Waals surface area contributed by atoms with Crippen molar-refractivity contribution in [3.8, 4) is 0 Å². The molecule has 0 aromatic heterocycles. The molecule has 0 aliphatic heterocycles. The molecule has 0 fully saturated rings. The summed E-state index contributed by atoms with van der Waals surface area (Å²) in [5, 5.41) is 10.7. The summed E-state index contributed by atoms with van der Waals surface area (Å²) in [6.07, 6.45) is 0. The quantitative estimate of drug-likeness (QED) is 0.531. The number of aryl methyl sites for hydroxylation is 1. The second-order valence-electron chi connectivity index (χ2n) is 4.73. The zero-order chi connectivity index (χ0) is 15.6. The fourth-order valence-corrected chi connectivity index (χ4v) is 3.48. The van der Waals surface area contributed by atoms with Crippen molar-refractivity contribution in [3.63, 3.8) is 0 Å². The number of hydrogen-bond donors (Lipinski definition) is 1. The number of nitrogens with two attached hydrogens (primary N) is 1. The summed E-state index contributed by atoms with van der Waals surface area (Å²) in [7, 11) is -3.65. The Balaban J connectivity index is 2.37. The monoisotopic (exact) mass is 306 g/mol. The highest BCUT2D eigenvalue weighted by Gasteiger charge is 2.19. The topological polar surface area (TPSA) is 103 Å². The van der Waals surface area contributed by atoms with E-state index in [0.717, 1.165) is 5.56 Å². The third-order valence-corrected chi connectivity index (χ3v) is 4.73. The largest absolute Gasteiger partial charge is 0.398 e. The first-order valence-electron chi connectivity index (χ1n) is 6.12. The van der Waals surface area contributed by atoms with Gasteiger partial charge in [0.1, 0.15) is 0 Å². The van der Waals surface area contributed by atoms with E-state index >= 15 is 0 Å². The summed E-state index contributed by atoms with van der Waals surface area (Å²) in [5.74, 6) is -0.331. The normalized spacial score (nSPS) is 11.3. The minimum atomic E-state index is -3.65. The van der Waals surface area contributed by atoms with Crippen molar-refractivity contribution < 1.29 is 13.3 Å². The van der Waals surface area contributed by atoms with Crippen LogP contribution in [0.15, 0.2) is 47.4 Å². The highest BCUT2D eigenvalue weighted by molar-refractivity contribution is 7.90. The molecule has 0 radical (unpaired) electrons. The second-order valence-corrected chi connectivity index (χ2v) is 6.69. The van der Waals surface area contributed by atoms with E-state index in [9.17, 15) is 18.5 Å². The van der Waals surface area contributed by atoms with Gasteiger partial charge in [-0.2, -0.15) is 0 Å². The number of sulfone groups is 1. The average Bonchev–Trinajstić information content (AvgIpc) is 2.37. The Morgan fingerprint density at radius 3 is 2.52 bits per heavy atom. The fraction of sp³-hybridized carbons (Fsp3) is 0.143. The molecule has 0 bridgehead atoms. The highest BCUT2D eigenvalue weighted by Crippen LogP contribution is 2.24. The Labute approximate surface area is 122 Å². The molecule has 0 aliphatic carbocycles. The fourth-order valence-electron chi connectivity index (χ4n) is 2.01. The molecule has 2 N–H and O–H groups in total. The minimum absolute atomic E-state index is 0.0413. The lowest BCUT2D eigenvalue weighted by atomic mass is 10.2. The molecule has 0 saturated carbocycles. The van der Waals surface area contributed by atoms with Crippen LogP contribution in [0.1, 0.15) is 11.1 Å². The molecule has 0 unspecified atom stereocenters. The number of nitro groups is 1. The SMILES string of the molecule is Cc1ccc(S(=O)(=O)Cc2cccc([N+](=O)[O-])c2)c(N)c1. The Kier molecular flexibility index (Phi) is 3.95. The predicted molar refractivity (Wildman–Crippen MR) is 79.6 cm³/mol. The van der Waals surface area contributed by atoms with Gasteiger partial charge in [-0.25, -0.2) is 8.42 Å². The number of benzene rings is 2. The lowest BCUT2D eigenvalue weighted by Crippen LogP contribution is -2.08. The standard InChI is InChI=1S/C14H14N2O4S/c1-10-5-6-14(13(15)7-10)21(19,20)9-11-3-2-4-12(8-11)16(17)18/h2-8H,9,15H2,1H3. The van der Waals surface area contributed by atoms with Crippen molar-refractivity contribution >= 4 is 21.2 Å². The molecule has 6 nitrogen and oxygen atoms in total. The lowest BCUT2D eigenvalue weighted by Gasteiger charge is -2.08. The maximum absolute atomic E-state index is 12.4. The number of rotatable bonds is 4. The average molecular weight is 306 g/mol. The number of non-ortho nitro benzene ring substituents is 1. The van der Waals surface area contributed by atoms with Gasteiger partial charge < -0.3 is 5.73 Å². The number of anilines is 1. The maximum atomic E-state index is 12.4. The number of nitrogens with zero attached hydrogens (tertiary/aromatic N) is 1. The van der Waals surface area contributed by atoms with E-state index in [1.54, 1.807) is 12.1 Å². The van der Waals surface area contributed by atoms with Crippen LogP contribution < -0.4 is 5.73 Å². The van der Waals surface area contributed by atoms with Gasteiger partial charge in [0.2, 0.25) is 0 Å². The molecule has 0 amide bonds. The molecule has 0 aliphatic rings. The van der Waals surface area contributed by atoms with Crippen LogP contribution in [0.4, 0.5) is 11.4 Å². The molecule has 0 heterocycles. The summed E-state index contributed by atoms with van der Waals surface area (Å²) in [4.78, 5) is 10.2. The van der Waals surface area contributed by atoms with Crippen LogP contribution in [-0.2, 0) is 15.6 Å². The van der Waals surface area contributed by atoms with Crippen molar-refractivity contribution in [2.75, 3.05) is 5.73 Å². The molecule has 0 saturated heterocycles.